The number of hydrogen-bond acceptors (Lipinski definition) is 4. The Labute approximate surface area is 64.5 Å². The molecule has 0 fully saturated rings. The normalized spacial score (nSPS) is 7.90. The summed E-state index contributed by atoms with van der Waals surface area (Å²) in [6, 6.07) is 0. The predicted octanol–water partition coefficient (Wildman–Crippen LogP) is 1.13. The molecule has 0 saturated heterocycles. The van der Waals surface area contributed by atoms with Crippen molar-refractivity contribution in [1.82, 2.24) is 15.0 Å². The average molecular weight is 161 g/mol. The molecule has 1 aromatic heterocycles. The number of rotatable bonds is 0. The average Bonchev–Trinajstić information content (AvgIpc) is 1.91. The zero-order chi connectivity index (χ0) is 7.98. The summed E-state index contributed by atoms with van der Waals surface area (Å²) < 4.78 is 0. The van der Waals surface area contributed by atoms with E-state index in [4.69, 9.17) is 17.3 Å². The Morgan fingerprint density at radius 1 is 1.40 bits per heavy atom. The van der Waals surface area contributed by atoms with Gasteiger partial charge in [0.15, 0.2) is 0 Å². The summed E-state index contributed by atoms with van der Waals surface area (Å²) >= 11 is 5.30. The summed E-state index contributed by atoms with van der Waals surface area (Å²) in [5, 5.41) is 0.123. The van der Waals surface area contributed by atoms with Crippen LogP contribution in [0.4, 0.5) is 5.95 Å². The highest BCUT2D eigenvalue weighted by Gasteiger charge is 1.87. The first-order valence-corrected chi connectivity index (χ1v) is 3.27. The van der Waals surface area contributed by atoms with E-state index in [1.165, 1.54) is 6.33 Å². The molecule has 0 saturated carbocycles. The molecule has 0 radical (unpaired) electrons. The lowest BCUT2D eigenvalue weighted by molar-refractivity contribution is 1.06. The molecule has 0 aliphatic carbocycles. The smallest absolute Gasteiger partial charge is 0.227 e. The van der Waals surface area contributed by atoms with Crippen LogP contribution in [-0.2, 0) is 0 Å². The molecular weight excluding hydrogens is 152 g/mol. The predicted molar refractivity (Wildman–Crippen MR) is 40.6 cm³/mol. The number of nitrogen functional groups attached to an aromatic ring is 1. The molecule has 0 aromatic carbocycles. The fraction of sp³-hybridized carbons (Fsp3) is 0.400. The van der Waals surface area contributed by atoms with Gasteiger partial charge in [-0.15, -0.1) is 0 Å². The first-order chi connectivity index (χ1) is 4.79. The molecule has 0 atom stereocenters. The van der Waals surface area contributed by atoms with E-state index in [1.807, 2.05) is 13.8 Å². The van der Waals surface area contributed by atoms with Gasteiger partial charge in [0.1, 0.15) is 6.33 Å². The quantitative estimate of drug-likeness (QED) is 0.618. The molecule has 0 bridgehead atoms. The van der Waals surface area contributed by atoms with E-state index < -0.39 is 0 Å². The second-order valence-electron chi connectivity index (χ2n) is 1.11. The maximum atomic E-state index is 5.30. The van der Waals surface area contributed by atoms with E-state index in [-0.39, 0.29) is 11.2 Å². The van der Waals surface area contributed by atoms with Crippen molar-refractivity contribution >= 4 is 17.5 Å². The maximum absolute atomic E-state index is 5.30. The minimum absolute atomic E-state index is 0.123. The van der Waals surface area contributed by atoms with E-state index in [0.29, 0.717) is 0 Å². The Hall–Kier alpha value is -0.900. The number of nitrogens with zero attached hydrogens (tertiary/aromatic N) is 3. The third-order valence-electron chi connectivity index (χ3n) is 0.561. The molecule has 2 N–H and O–H groups in total. The third-order valence-corrected chi connectivity index (χ3v) is 0.743. The van der Waals surface area contributed by atoms with Crippen LogP contribution in [0.3, 0.4) is 0 Å². The zero-order valence-corrected chi connectivity index (χ0v) is 6.63. The molecule has 0 unspecified atom stereocenters. The van der Waals surface area contributed by atoms with Gasteiger partial charge in [0.05, 0.1) is 0 Å². The summed E-state index contributed by atoms with van der Waals surface area (Å²) in [7, 11) is 0. The molecule has 0 spiro atoms. The van der Waals surface area contributed by atoms with Gasteiger partial charge < -0.3 is 5.73 Å². The second-order valence-corrected chi connectivity index (χ2v) is 1.45. The van der Waals surface area contributed by atoms with E-state index in [0.717, 1.165) is 0 Å². The summed E-state index contributed by atoms with van der Waals surface area (Å²) in [5.41, 5.74) is 5.11. The van der Waals surface area contributed by atoms with Crippen molar-refractivity contribution in [3.63, 3.8) is 0 Å². The van der Waals surface area contributed by atoms with Gasteiger partial charge in [-0.2, -0.15) is 4.98 Å². The van der Waals surface area contributed by atoms with Crippen molar-refractivity contribution in [2.45, 2.75) is 13.8 Å². The lowest BCUT2D eigenvalue weighted by atomic mass is 11.0. The van der Waals surface area contributed by atoms with Crippen molar-refractivity contribution in [1.29, 1.82) is 0 Å². The summed E-state index contributed by atoms with van der Waals surface area (Å²) in [6.07, 6.45) is 1.25. The number of halogens is 1. The standard InChI is InChI=1S/C3H3ClN4.C2H6/c4-2-6-1-7-3(5)8-2;1-2/h1H,(H2,5,6,7,8);1-2H3. The van der Waals surface area contributed by atoms with Crippen LogP contribution >= 0.6 is 11.6 Å². The zero-order valence-electron chi connectivity index (χ0n) is 5.87. The number of aromatic nitrogens is 3. The van der Waals surface area contributed by atoms with Crippen molar-refractivity contribution in [2.24, 2.45) is 0 Å². The molecule has 1 rings (SSSR count). The van der Waals surface area contributed by atoms with Crippen LogP contribution in [0, 0.1) is 0 Å². The molecule has 1 aromatic rings. The van der Waals surface area contributed by atoms with Gasteiger partial charge in [-0.3, -0.25) is 0 Å². The van der Waals surface area contributed by atoms with E-state index in [9.17, 15) is 0 Å². The number of nitrogens with two attached hydrogens (primary N) is 1. The topological polar surface area (TPSA) is 64.7 Å². The Balaban J connectivity index is 0.000000371. The lowest BCUT2D eigenvalue weighted by Gasteiger charge is -1.86. The molecule has 10 heavy (non-hydrogen) atoms. The van der Waals surface area contributed by atoms with Crippen LogP contribution in [0.1, 0.15) is 13.8 Å². The fourth-order valence-electron chi connectivity index (χ4n) is 0.288. The molecule has 1 heterocycles. The third kappa shape index (κ3) is 3.19. The van der Waals surface area contributed by atoms with Crippen LogP contribution in [0.25, 0.3) is 0 Å². The van der Waals surface area contributed by atoms with Crippen LogP contribution in [0.5, 0.6) is 0 Å². The Morgan fingerprint density at radius 3 is 2.30 bits per heavy atom. The Kier molecular flexibility index (Phi) is 4.49. The van der Waals surface area contributed by atoms with E-state index in [2.05, 4.69) is 15.0 Å². The minimum atomic E-state index is 0.123. The van der Waals surface area contributed by atoms with Gasteiger partial charge in [-0.25, -0.2) is 9.97 Å². The van der Waals surface area contributed by atoms with Crippen molar-refractivity contribution in [3.8, 4) is 0 Å². The van der Waals surface area contributed by atoms with Crippen molar-refractivity contribution in [3.05, 3.63) is 11.6 Å². The lowest BCUT2D eigenvalue weighted by Crippen LogP contribution is -1.94. The van der Waals surface area contributed by atoms with Gasteiger partial charge in [-0.05, 0) is 11.6 Å². The largest absolute Gasteiger partial charge is 0.368 e. The molecule has 0 aliphatic rings. The highest BCUT2D eigenvalue weighted by Crippen LogP contribution is 1.96. The van der Waals surface area contributed by atoms with Crippen LogP contribution in [0.2, 0.25) is 5.28 Å². The molecule has 0 amide bonds. The van der Waals surface area contributed by atoms with Gasteiger partial charge in [0.25, 0.3) is 0 Å². The highest BCUT2D eigenvalue weighted by atomic mass is 35.5. The van der Waals surface area contributed by atoms with Crippen molar-refractivity contribution in [2.75, 3.05) is 5.73 Å². The first-order valence-electron chi connectivity index (χ1n) is 2.89. The second kappa shape index (κ2) is 4.93. The van der Waals surface area contributed by atoms with Crippen LogP contribution in [0.15, 0.2) is 6.33 Å². The SMILES string of the molecule is CC.Nc1ncnc(Cl)n1. The highest BCUT2D eigenvalue weighted by molar-refractivity contribution is 6.28. The minimum Gasteiger partial charge on any atom is -0.368 e. The molecule has 56 valence electrons. The molecule has 4 nitrogen and oxygen atoms in total. The van der Waals surface area contributed by atoms with Gasteiger partial charge in [0.2, 0.25) is 11.2 Å². The van der Waals surface area contributed by atoms with Crippen molar-refractivity contribution < 1.29 is 0 Å². The first kappa shape index (κ1) is 9.10. The van der Waals surface area contributed by atoms with Gasteiger partial charge >= 0.3 is 0 Å². The summed E-state index contributed by atoms with van der Waals surface area (Å²) in [5.74, 6) is 0.144. The maximum Gasteiger partial charge on any atom is 0.227 e. The fourth-order valence-corrected chi connectivity index (χ4v) is 0.418. The molecule has 0 aliphatic heterocycles. The molecule has 5 heteroatoms. The Bertz CT molecular complexity index is 174. The monoisotopic (exact) mass is 160 g/mol. The van der Waals surface area contributed by atoms with Crippen LogP contribution in [-0.4, -0.2) is 15.0 Å². The number of anilines is 1. The van der Waals surface area contributed by atoms with Gasteiger partial charge in [0, 0.05) is 0 Å². The Morgan fingerprint density at radius 2 is 2.00 bits per heavy atom. The van der Waals surface area contributed by atoms with E-state index >= 15 is 0 Å². The van der Waals surface area contributed by atoms with Gasteiger partial charge in [-0.1, -0.05) is 13.8 Å². The van der Waals surface area contributed by atoms with Crippen LogP contribution < -0.4 is 5.73 Å². The summed E-state index contributed by atoms with van der Waals surface area (Å²) in [4.78, 5) is 10.5. The van der Waals surface area contributed by atoms with E-state index in [1.54, 1.807) is 0 Å². The summed E-state index contributed by atoms with van der Waals surface area (Å²) in [6.45, 7) is 4.00. The number of hydrogen-bond donors (Lipinski definition) is 1. The molecular formula is C5H9ClN4.